The van der Waals surface area contributed by atoms with Crippen LogP contribution in [0, 0.1) is 0 Å². The third-order valence-corrected chi connectivity index (χ3v) is 9.08. The van der Waals surface area contributed by atoms with Gasteiger partial charge in [-0.15, -0.1) is 0 Å². The van der Waals surface area contributed by atoms with E-state index >= 15 is 0 Å². The number of anilines is 1. The lowest BCUT2D eigenvalue weighted by molar-refractivity contribution is 0.0971. The van der Waals surface area contributed by atoms with Gasteiger partial charge in [0.1, 0.15) is 0 Å². The second-order valence-corrected chi connectivity index (χ2v) is 12.2. The highest BCUT2D eigenvalue weighted by Gasteiger charge is 2.41. The Morgan fingerprint density at radius 1 is 1.48 bits per heavy atom. The number of hydrogen-bond donors (Lipinski definition) is 1. The van der Waals surface area contributed by atoms with Crippen LogP contribution in [0.4, 0.5) is 5.69 Å². The van der Waals surface area contributed by atoms with E-state index in [1.807, 2.05) is 19.4 Å². The minimum Gasteiger partial charge on any atom is -0.411 e. The molecule has 1 aliphatic heterocycles. The van der Waals surface area contributed by atoms with Crippen molar-refractivity contribution in [1.29, 1.82) is 0 Å². The molecule has 1 aliphatic rings. The molecular weight excluding hydrogens is 282 g/mol. The van der Waals surface area contributed by atoms with E-state index in [1.165, 1.54) is 0 Å². The number of rotatable bonds is 5. The van der Waals surface area contributed by atoms with Crippen LogP contribution in [-0.2, 0) is 16.2 Å². The molecule has 0 saturated carbocycles. The number of hydrogen-bond acceptors (Lipinski definition) is 4. The minimum absolute atomic E-state index is 0.222. The zero-order valence-corrected chi connectivity index (χ0v) is 15.1. The molecule has 2 rings (SSSR count). The fourth-order valence-electron chi connectivity index (χ4n) is 2.23. The summed E-state index contributed by atoms with van der Waals surface area (Å²) in [6.45, 7) is 12.9. The number of aryl methyl sites for hydroxylation is 1. The summed E-state index contributed by atoms with van der Waals surface area (Å²) in [6.07, 6.45) is 5.24. The molecule has 2 unspecified atom stereocenters. The Morgan fingerprint density at radius 2 is 2.19 bits per heavy atom. The molecule has 0 radical (unpaired) electrons. The van der Waals surface area contributed by atoms with Gasteiger partial charge in [0.15, 0.2) is 8.32 Å². The average molecular weight is 312 g/mol. The Labute approximate surface area is 129 Å². The predicted molar refractivity (Wildman–Crippen MR) is 88.1 cm³/mol. The Balaban J connectivity index is 1.78. The van der Waals surface area contributed by atoms with Crippen LogP contribution in [0.3, 0.4) is 0 Å². The van der Waals surface area contributed by atoms with Crippen molar-refractivity contribution in [2.45, 2.75) is 57.5 Å². The molecule has 0 aliphatic carbocycles. The SMILES string of the molecule is Cn1cc(NCC2CC(O[Si](C)(C)C(C)(C)C)CO2)cn1. The topological polar surface area (TPSA) is 48.3 Å². The first-order valence-electron chi connectivity index (χ1n) is 7.69. The highest BCUT2D eigenvalue weighted by atomic mass is 28.4. The maximum atomic E-state index is 6.42. The third-order valence-electron chi connectivity index (χ3n) is 4.55. The molecule has 2 heterocycles. The predicted octanol–water partition coefficient (Wildman–Crippen LogP) is 3.01. The molecule has 120 valence electrons. The van der Waals surface area contributed by atoms with Gasteiger partial charge in [-0.1, -0.05) is 20.8 Å². The second kappa shape index (κ2) is 6.10. The van der Waals surface area contributed by atoms with Gasteiger partial charge in [0.05, 0.1) is 30.7 Å². The van der Waals surface area contributed by atoms with Crippen molar-refractivity contribution in [2.24, 2.45) is 7.05 Å². The van der Waals surface area contributed by atoms with Crippen LogP contribution in [0.2, 0.25) is 18.1 Å². The molecule has 21 heavy (non-hydrogen) atoms. The van der Waals surface area contributed by atoms with Gasteiger partial charge in [0, 0.05) is 26.2 Å². The first-order valence-corrected chi connectivity index (χ1v) is 10.6. The largest absolute Gasteiger partial charge is 0.411 e. The number of nitrogens with zero attached hydrogens (tertiary/aromatic N) is 2. The van der Waals surface area contributed by atoms with Crippen molar-refractivity contribution in [2.75, 3.05) is 18.5 Å². The van der Waals surface area contributed by atoms with Crippen molar-refractivity contribution in [3.63, 3.8) is 0 Å². The van der Waals surface area contributed by atoms with Gasteiger partial charge < -0.3 is 14.5 Å². The molecular formula is C15H29N3O2Si. The maximum absolute atomic E-state index is 6.42. The Kier molecular flexibility index (Phi) is 4.80. The van der Waals surface area contributed by atoms with Crippen molar-refractivity contribution in [3.8, 4) is 0 Å². The van der Waals surface area contributed by atoms with Crippen LogP contribution in [-0.4, -0.2) is 43.5 Å². The first kappa shape index (κ1) is 16.5. The molecule has 1 aromatic heterocycles. The van der Waals surface area contributed by atoms with Crippen LogP contribution in [0.5, 0.6) is 0 Å². The fourth-order valence-corrected chi connectivity index (χ4v) is 3.59. The first-order chi connectivity index (χ1) is 9.67. The monoisotopic (exact) mass is 311 g/mol. The van der Waals surface area contributed by atoms with Gasteiger partial charge in [0.25, 0.3) is 0 Å². The zero-order valence-electron chi connectivity index (χ0n) is 14.1. The summed E-state index contributed by atoms with van der Waals surface area (Å²) >= 11 is 0. The summed E-state index contributed by atoms with van der Waals surface area (Å²) in [4.78, 5) is 0. The second-order valence-electron chi connectivity index (χ2n) is 7.47. The molecule has 1 N–H and O–H groups in total. The molecule has 6 heteroatoms. The van der Waals surface area contributed by atoms with Gasteiger partial charge in [-0.05, 0) is 18.1 Å². The van der Waals surface area contributed by atoms with Crippen LogP contribution in [0.1, 0.15) is 27.2 Å². The highest BCUT2D eigenvalue weighted by Crippen LogP contribution is 2.38. The molecule has 0 spiro atoms. The Morgan fingerprint density at radius 3 is 2.76 bits per heavy atom. The molecule has 0 bridgehead atoms. The molecule has 0 amide bonds. The van der Waals surface area contributed by atoms with Crippen molar-refractivity contribution in [3.05, 3.63) is 12.4 Å². The normalized spacial score (nSPS) is 23.5. The van der Waals surface area contributed by atoms with Crippen molar-refractivity contribution in [1.82, 2.24) is 9.78 Å². The molecule has 0 aromatic carbocycles. The standard InChI is InChI=1S/C15H29N3O2Si/c1-15(2,3)21(5,6)20-14-7-13(19-11-14)9-16-12-8-17-18(4)10-12/h8,10,13-14,16H,7,9,11H2,1-6H3. The molecule has 1 fully saturated rings. The minimum atomic E-state index is -1.70. The number of ether oxygens (including phenoxy) is 1. The quantitative estimate of drug-likeness (QED) is 0.849. The molecule has 5 nitrogen and oxygen atoms in total. The molecule has 1 saturated heterocycles. The van der Waals surface area contributed by atoms with Crippen LogP contribution in [0.15, 0.2) is 12.4 Å². The van der Waals surface area contributed by atoms with E-state index in [4.69, 9.17) is 9.16 Å². The van der Waals surface area contributed by atoms with Gasteiger partial charge in [0.2, 0.25) is 0 Å². The number of aromatic nitrogens is 2. The van der Waals surface area contributed by atoms with E-state index in [2.05, 4.69) is 44.3 Å². The summed E-state index contributed by atoms with van der Waals surface area (Å²) in [5.74, 6) is 0. The average Bonchev–Trinajstić information content (AvgIpc) is 2.94. The van der Waals surface area contributed by atoms with E-state index < -0.39 is 8.32 Å². The van der Waals surface area contributed by atoms with Crippen LogP contribution >= 0.6 is 0 Å². The van der Waals surface area contributed by atoms with Gasteiger partial charge in [-0.2, -0.15) is 5.10 Å². The lowest BCUT2D eigenvalue weighted by Gasteiger charge is -2.38. The summed E-state index contributed by atoms with van der Waals surface area (Å²) in [5, 5.41) is 7.76. The van der Waals surface area contributed by atoms with Gasteiger partial charge in [-0.25, -0.2) is 0 Å². The van der Waals surface area contributed by atoms with E-state index in [1.54, 1.807) is 4.68 Å². The fraction of sp³-hybridized carbons (Fsp3) is 0.800. The summed E-state index contributed by atoms with van der Waals surface area (Å²) in [6, 6.07) is 0. The summed E-state index contributed by atoms with van der Waals surface area (Å²) in [7, 11) is 0.220. The molecule has 2 atom stereocenters. The van der Waals surface area contributed by atoms with Crippen molar-refractivity contribution >= 4 is 14.0 Å². The molecule has 1 aromatic rings. The maximum Gasteiger partial charge on any atom is 0.192 e. The summed E-state index contributed by atoms with van der Waals surface area (Å²) in [5.41, 5.74) is 1.04. The van der Waals surface area contributed by atoms with E-state index in [-0.39, 0.29) is 17.2 Å². The third kappa shape index (κ3) is 4.31. The lowest BCUT2D eigenvalue weighted by atomic mass is 10.2. The number of nitrogens with one attached hydrogen (secondary N) is 1. The lowest BCUT2D eigenvalue weighted by Crippen LogP contribution is -2.44. The van der Waals surface area contributed by atoms with Crippen LogP contribution < -0.4 is 5.32 Å². The smallest absolute Gasteiger partial charge is 0.192 e. The summed E-state index contributed by atoms with van der Waals surface area (Å²) < 4.78 is 14.1. The Hall–Kier alpha value is -0.853. The highest BCUT2D eigenvalue weighted by molar-refractivity contribution is 6.74. The zero-order chi connectivity index (χ0) is 15.7. The van der Waals surface area contributed by atoms with Gasteiger partial charge in [-0.3, -0.25) is 4.68 Å². The van der Waals surface area contributed by atoms with E-state index in [9.17, 15) is 0 Å². The Bertz CT molecular complexity index is 468. The van der Waals surface area contributed by atoms with Crippen molar-refractivity contribution < 1.29 is 9.16 Å². The van der Waals surface area contributed by atoms with E-state index in [0.717, 1.165) is 18.7 Å². The van der Waals surface area contributed by atoms with Crippen LogP contribution in [0.25, 0.3) is 0 Å². The van der Waals surface area contributed by atoms with Gasteiger partial charge >= 0.3 is 0 Å². The van der Waals surface area contributed by atoms with E-state index in [0.29, 0.717) is 6.61 Å².